The minimum Gasteiger partial charge on any atom is -0.342 e. The average molecular weight is 306 g/mol. The quantitative estimate of drug-likeness (QED) is 0.922. The van der Waals surface area contributed by atoms with E-state index in [-0.39, 0.29) is 17.9 Å². The van der Waals surface area contributed by atoms with Crippen LogP contribution in [0.15, 0.2) is 0 Å². The summed E-state index contributed by atoms with van der Waals surface area (Å²) in [7, 11) is 1.95. The minimum atomic E-state index is -0.00608. The molecule has 1 aliphatic heterocycles. The van der Waals surface area contributed by atoms with Gasteiger partial charge in [0, 0.05) is 37.8 Å². The third-order valence-corrected chi connectivity index (χ3v) is 5.10. The highest BCUT2D eigenvalue weighted by Crippen LogP contribution is 2.23. The van der Waals surface area contributed by atoms with E-state index < -0.39 is 0 Å². The van der Waals surface area contributed by atoms with Crippen molar-refractivity contribution in [3.05, 3.63) is 17.0 Å². The number of nitrogens with two attached hydrogens (primary N) is 1. The molecule has 1 aromatic rings. The van der Waals surface area contributed by atoms with Crippen LogP contribution >= 0.6 is 0 Å². The second kappa shape index (κ2) is 6.82. The zero-order chi connectivity index (χ0) is 16.4. The summed E-state index contributed by atoms with van der Waals surface area (Å²) in [6, 6.07) is 0.161. The van der Waals surface area contributed by atoms with Crippen molar-refractivity contribution >= 4 is 5.91 Å². The molecule has 124 valence electrons. The minimum absolute atomic E-state index is 0.00608. The number of amides is 1. The van der Waals surface area contributed by atoms with E-state index in [1.165, 1.54) is 5.56 Å². The van der Waals surface area contributed by atoms with Gasteiger partial charge in [0.2, 0.25) is 5.91 Å². The standard InChI is InChI=1S/C17H30N4O/c1-11(9-16-13(3)19-20(5)14(16)4)17(22)21-8-6-7-15(10-21)12(2)18/h11-12,15H,6-10,18H2,1-5H3. The Morgan fingerprint density at radius 1 is 1.41 bits per heavy atom. The number of rotatable bonds is 4. The lowest BCUT2D eigenvalue weighted by Crippen LogP contribution is -2.47. The molecule has 1 aromatic heterocycles. The Bertz CT molecular complexity index is 535. The van der Waals surface area contributed by atoms with Gasteiger partial charge >= 0.3 is 0 Å². The fourth-order valence-electron chi connectivity index (χ4n) is 3.46. The first kappa shape index (κ1) is 17.0. The van der Waals surface area contributed by atoms with E-state index in [9.17, 15) is 4.79 Å². The maximum atomic E-state index is 12.8. The summed E-state index contributed by atoms with van der Waals surface area (Å²) in [5.41, 5.74) is 9.43. The highest BCUT2D eigenvalue weighted by Gasteiger charge is 2.29. The largest absolute Gasteiger partial charge is 0.342 e. The maximum Gasteiger partial charge on any atom is 0.225 e. The molecule has 0 radical (unpaired) electrons. The van der Waals surface area contributed by atoms with E-state index in [1.807, 2.05) is 37.4 Å². The van der Waals surface area contributed by atoms with Crippen molar-refractivity contribution in [1.82, 2.24) is 14.7 Å². The number of nitrogens with zero attached hydrogens (tertiary/aromatic N) is 3. The van der Waals surface area contributed by atoms with Gasteiger partial charge < -0.3 is 10.6 Å². The molecule has 3 atom stereocenters. The van der Waals surface area contributed by atoms with Gasteiger partial charge in [0.25, 0.3) is 0 Å². The second-order valence-corrected chi connectivity index (χ2v) is 6.92. The van der Waals surface area contributed by atoms with Crippen molar-refractivity contribution in [1.29, 1.82) is 0 Å². The number of hydrogen-bond acceptors (Lipinski definition) is 3. The van der Waals surface area contributed by atoms with Gasteiger partial charge in [-0.3, -0.25) is 9.48 Å². The van der Waals surface area contributed by atoms with Crippen LogP contribution in [0.4, 0.5) is 0 Å². The molecule has 5 nitrogen and oxygen atoms in total. The molecular weight excluding hydrogens is 276 g/mol. The Labute approximate surface area is 133 Å². The van der Waals surface area contributed by atoms with Gasteiger partial charge in [-0.1, -0.05) is 6.92 Å². The van der Waals surface area contributed by atoms with E-state index in [1.54, 1.807) is 0 Å². The molecule has 1 amide bonds. The molecule has 1 saturated heterocycles. The zero-order valence-corrected chi connectivity index (χ0v) is 14.6. The molecule has 2 N–H and O–H groups in total. The molecule has 2 heterocycles. The lowest BCUT2D eigenvalue weighted by molar-refractivity contribution is -0.136. The van der Waals surface area contributed by atoms with Crippen LogP contribution in [-0.4, -0.2) is 39.7 Å². The lowest BCUT2D eigenvalue weighted by atomic mass is 9.90. The molecule has 0 aromatic carbocycles. The van der Waals surface area contributed by atoms with Gasteiger partial charge in [0.15, 0.2) is 0 Å². The Morgan fingerprint density at radius 2 is 2.09 bits per heavy atom. The Morgan fingerprint density at radius 3 is 2.64 bits per heavy atom. The van der Waals surface area contributed by atoms with Crippen LogP contribution in [0, 0.1) is 25.7 Å². The van der Waals surface area contributed by atoms with Gasteiger partial charge in [0.1, 0.15) is 0 Å². The molecule has 0 saturated carbocycles. The van der Waals surface area contributed by atoms with Crippen molar-refractivity contribution in [2.45, 2.75) is 53.0 Å². The van der Waals surface area contributed by atoms with E-state index >= 15 is 0 Å². The number of hydrogen-bond donors (Lipinski definition) is 1. The molecule has 1 aliphatic rings. The Kier molecular flexibility index (Phi) is 5.27. The van der Waals surface area contributed by atoms with Gasteiger partial charge in [-0.15, -0.1) is 0 Å². The van der Waals surface area contributed by atoms with E-state index in [2.05, 4.69) is 12.0 Å². The summed E-state index contributed by atoms with van der Waals surface area (Å²) >= 11 is 0. The van der Waals surface area contributed by atoms with Crippen LogP contribution in [0.25, 0.3) is 0 Å². The van der Waals surface area contributed by atoms with E-state index in [0.717, 1.165) is 43.7 Å². The summed E-state index contributed by atoms with van der Waals surface area (Å²) < 4.78 is 1.90. The van der Waals surface area contributed by atoms with Crippen molar-refractivity contribution in [3.8, 4) is 0 Å². The monoisotopic (exact) mass is 306 g/mol. The van der Waals surface area contributed by atoms with Gasteiger partial charge in [-0.05, 0) is 51.5 Å². The van der Waals surface area contributed by atoms with E-state index in [0.29, 0.717) is 5.92 Å². The van der Waals surface area contributed by atoms with E-state index in [4.69, 9.17) is 5.73 Å². The zero-order valence-electron chi connectivity index (χ0n) is 14.6. The van der Waals surface area contributed by atoms with Gasteiger partial charge in [-0.25, -0.2) is 0 Å². The molecule has 22 heavy (non-hydrogen) atoms. The molecule has 0 bridgehead atoms. The van der Waals surface area contributed by atoms with Crippen molar-refractivity contribution in [3.63, 3.8) is 0 Å². The van der Waals surface area contributed by atoms with Crippen LogP contribution < -0.4 is 5.73 Å². The Balaban J connectivity index is 2.03. The molecule has 2 rings (SSSR count). The third-order valence-electron chi connectivity index (χ3n) is 5.10. The summed E-state index contributed by atoms with van der Waals surface area (Å²) in [4.78, 5) is 14.8. The van der Waals surface area contributed by atoms with Gasteiger partial charge in [0.05, 0.1) is 5.69 Å². The van der Waals surface area contributed by atoms with Crippen LogP contribution in [0.2, 0.25) is 0 Å². The number of carbonyl (C=O) groups excluding carboxylic acids is 1. The number of aryl methyl sites for hydroxylation is 2. The van der Waals surface area contributed by atoms with Crippen LogP contribution in [0.3, 0.4) is 0 Å². The molecule has 0 spiro atoms. The highest BCUT2D eigenvalue weighted by molar-refractivity contribution is 5.79. The molecule has 0 aliphatic carbocycles. The van der Waals surface area contributed by atoms with Crippen LogP contribution in [0.5, 0.6) is 0 Å². The smallest absolute Gasteiger partial charge is 0.225 e. The topological polar surface area (TPSA) is 64.2 Å². The highest BCUT2D eigenvalue weighted by atomic mass is 16.2. The number of carbonyl (C=O) groups is 1. The first-order valence-corrected chi connectivity index (χ1v) is 8.34. The second-order valence-electron chi connectivity index (χ2n) is 6.92. The summed E-state index contributed by atoms with van der Waals surface area (Å²) in [5, 5.41) is 4.45. The SMILES string of the molecule is Cc1nn(C)c(C)c1CC(C)C(=O)N1CCCC(C(C)N)C1. The summed E-state index contributed by atoms with van der Waals surface area (Å²) in [5.74, 6) is 0.688. The van der Waals surface area contributed by atoms with Crippen LogP contribution in [-0.2, 0) is 18.3 Å². The predicted molar refractivity (Wildman–Crippen MR) is 88.5 cm³/mol. The Hall–Kier alpha value is -1.36. The molecule has 5 heteroatoms. The normalized spacial score (nSPS) is 21.7. The summed E-state index contributed by atoms with van der Waals surface area (Å²) in [6.07, 6.45) is 2.97. The molecule has 1 fully saturated rings. The maximum absolute atomic E-state index is 12.8. The third kappa shape index (κ3) is 3.51. The van der Waals surface area contributed by atoms with Crippen molar-refractivity contribution in [2.24, 2.45) is 24.6 Å². The first-order valence-electron chi connectivity index (χ1n) is 8.34. The molecular formula is C17H30N4O. The summed E-state index contributed by atoms with van der Waals surface area (Å²) in [6.45, 7) is 9.85. The number of piperidine rings is 1. The molecule has 3 unspecified atom stereocenters. The fourth-order valence-corrected chi connectivity index (χ4v) is 3.46. The van der Waals surface area contributed by atoms with Crippen LogP contribution in [0.1, 0.15) is 43.6 Å². The first-order chi connectivity index (χ1) is 10.3. The lowest BCUT2D eigenvalue weighted by Gasteiger charge is -2.36. The number of likely N-dealkylation sites (tertiary alicyclic amines) is 1. The predicted octanol–water partition coefficient (Wildman–Crippen LogP) is 1.80. The number of aromatic nitrogens is 2. The van der Waals surface area contributed by atoms with Gasteiger partial charge in [-0.2, -0.15) is 5.10 Å². The fraction of sp³-hybridized carbons (Fsp3) is 0.765. The van der Waals surface area contributed by atoms with Crippen molar-refractivity contribution in [2.75, 3.05) is 13.1 Å². The van der Waals surface area contributed by atoms with Crippen molar-refractivity contribution < 1.29 is 4.79 Å². The average Bonchev–Trinajstić information content (AvgIpc) is 2.73.